The van der Waals surface area contributed by atoms with Gasteiger partial charge in [0, 0.05) is 12.1 Å². The molecule has 0 bridgehead atoms. The van der Waals surface area contributed by atoms with E-state index in [1.54, 1.807) is 0 Å². The van der Waals surface area contributed by atoms with Crippen LogP contribution in [0, 0.1) is 5.82 Å². The normalized spacial score (nSPS) is 12.4. The largest absolute Gasteiger partial charge is 0.508 e. The van der Waals surface area contributed by atoms with Gasteiger partial charge in [-0.3, -0.25) is 4.79 Å². The Labute approximate surface area is 99.1 Å². The minimum absolute atomic E-state index is 0.0421. The molecular formula is C12H16FNO3. The van der Waals surface area contributed by atoms with E-state index in [2.05, 4.69) is 5.32 Å². The lowest BCUT2D eigenvalue weighted by molar-refractivity contribution is -0.139. The molecule has 1 aromatic rings. The lowest BCUT2D eigenvalue weighted by atomic mass is 10.1. The number of hydrogen-bond donors (Lipinski definition) is 3. The van der Waals surface area contributed by atoms with Gasteiger partial charge in [0.05, 0.1) is 0 Å². The van der Waals surface area contributed by atoms with Crippen LogP contribution in [0.2, 0.25) is 0 Å². The molecule has 0 aliphatic carbocycles. The molecule has 5 heteroatoms. The van der Waals surface area contributed by atoms with E-state index in [1.807, 2.05) is 6.92 Å². The zero-order chi connectivity index (χ0) is 12.8. The van der Waals surface area contributed by atoms with Crippen LogP contribution in [0.3, 0.4) is 0 Å². The highest BCUT2D eigenvalue weighted by atomic mass is 19.1. The average Bonchev–Trinajstić information content (AvgIpc) is 2.28. The molecule has 94 valence electrons. The number of halogens is 1. The number of carbonyl (C=O) groups is 1. The lowest BCUT2D eigenvalue weighted by Gasteiger charge is -2.14. The van der Waals surface area contributed by atoms with Gasteiger partial charge in [-0.25, -0.2) is 4.39 Å². The number of benzene rings is 1. The zero-order valence-electron chi connectivity index (χ0n) is 9.61. The van der Waals surface area contributed by atoms with Crippen LogP contribution in [0.4, 0.5) is 4.39 Å². The molecule has 0 saturated carbocycles. The van der Waals surface area contributed by atoms with E-state index >= 15 is 0 Å². The molecule has 0 spiro atoms. The molecule has 1 aromatic carbocycles. The molecule has 1 unspecified atom stereocenters. The maximum Gasteiger partial charge on any atom is 0.320 e. The molecule has 0 aromatic heterocycles. The van der Waals surface area contributed by atoms with Crippen molar-refractivity contribution in [3.05, 3.63) is 29.6 Å². The van der Waals surface area contributed by atoms with E-state index in [4.69, 9.17) is 5.11 Å². The summed E-state index contributed by atoms with van der Waals surface area (Å²) in [5.41, 5.74) is 0.354. The van der Waals surface area contributed by atoms with E-state index < -0.39 is 17.8 Å². The molecular weight excluding hydrogens is 225 g/mol. The van der Waals surface area contributed by atoms with Crippen molar-refractivity contribution in [2.75, 3.05) is 0 Å². The smallest absolute Gasteiger partial charge is 0.320 e. The van der Waals surface area contributed by atoms with Crippen molar-refractivity contribution in [2.24, 2.45) is 0 Å². The Morgan fingerprint density at radius 1 is 1.53 bits per heavy atom. The molecule has 3 N–H and O–H groups in total. The van der Waals surface area contributed by atoms with E-state index in [1.165, 1.54) is 12.1 Å². The Morgan fingerprint density at radius 3 is 2.82 bits per heavy atom. The molecule has 0 fully saturated rings. The molecule has 17 heavy (non-hydrogen) atoms. The number of phenols is 1. The first kappa shape index (κ1) is 13.4. The van der Waals surface area contributed by atoms with E-state index in [0.717, 1.165) is 12.5 Å². The third-order valence-electron chi connectivity index (χ3n) is 2.46. The molecule has 0 aliphatic rings. The maximum atomic E-state index is 12.9. The summed E-state index contributed by atoms with van der Waals surface area (Å²) in [7, 11) is 0. The standard InChI is InChI=1S/C12H16FNO3/c1-2-3-10(12(16)17)14-7-8-6-9(13)4-5-11(8)15/h4-6,10,14-15H,2-3,7H2,1H3,(H,16,17). The number of aromatic hydroxyl groups is 1. The fraction of sp³-hybridized carbons (Fsp3) is 0.417. The van der Waals surface area contributed by atoms with Gasteiger partial charge in [0.25, 0.3) is 0 Å². The molecule has 1 rings (SSSR count). The van der Waals surface area contributed by atoms with Crippen LogP contribution >= 0.6 is 0 Å². The number of carboxylic acid groups (broad SMARTS) is 1. The van der Waals surface area contributed by atoms with Gasteiger partial charge in [0.15, 0.2) is 0 Å². The fourth-order valence-corrected chi connectivity index (χ4v) is 1.53. The van der Waals surface area contributed by atoms with Crippen molar-refractivity contribution < 1.29 is 19.4 Å². The summed E-state index contributed by atoms with van der Waals surface area (Å²) in [4.78, 5) is 10.9. The van der Waals surface area contributed by atoms with Crippen molar-refractivity contribution in [2.45, 2.75) is 32.4 Å². The zero-order valence-corrected chi connectivity index (χ0v) is 9.61. The van der Waals surface area contributed by atoms with Crippen LogP contribution in [0.1, 0.15) is 25.3 Å². The topological polar surface area (TPSA) is 69.6 Å². The minimum atomic E-state index is -0.942. The van der Waals surface area contributed by atoms with Gasteiger partial charge in [-0.2, -0.15) is 0 Å². The Balaban J connectivity index is 2.64. The highest BCUT2D eigenvalue weighted by molar-refractivity contribution is 5.73. The number of phenolic OH excluding ortho intramolecular Hbond substituents is 1. The van der Waals surface area contributed by atoms with Gasteiger partial charge in [-0.15, -0.1) is 0 Å². The van der Waals surface area contributed by atoms with E-state index in [0.29, 0.717) is 12.0 Å². The van der Waals surface area contributed by atoms with Crippen LogP contribution in [0.25, 0.3) is 0 Å². The first-order chi connectivity index (χ1) is 8.04. The van der Waals surface area contributed by atoms with Gasteiger partial charge in [-0.1, -0.05) is 13.3 Å². The van der Waals surface area contributed by atoms with Crippen LogP contribution < -0.4 is 5.32 Å². The van der Waals surface area contributed by atoms with Gasteiger partial charge >= 0.3 is 5.97 Å². The third-order valence-corrected chi connectivity index (χ3v) is 2.46. The molecule has 0 saturated heterocycles. The number of aliphatic carboxylic acids is 1. The molecule has 4 nitrogen and oxygen atoms in total. The second-order valence-electron chi connectivity index (χ2n) is 3.83. The summed E-state index contributed by atoms with van der Waals surface area (Å²) >= 11 is 0. The quantitative estimate of drug-likeness (QED) is 0.711. The summed E-state index contributed by atoms with van der Waals surface area (Å²) in [6, 6.07) is 2.91. The van der Waals surface area contributed by atoms with Crippen molar-refractivity contribution in [3.63, 3.8) is 0 Å². The predicted octanol–water partition coefficient (Wildman–Crippen LogP) is 1.87. The number of nitrogens with one attached hydrogen (secondary N) is 1. The van der Waals surface area contributed by atoms with E-state index in [9.17, 15) is 14.3 Å². The van der Waals surface area contributed by atoms with Crippen molar-refractivity contribution in [3.8, 4) is 5.75 Å². The van der Waals surface area contributed by atoms with Crippen LogP contribution in [-0.2, 0) is 11.3 Å². The van der Waals surface area contributed by atoms with Gasteiger partial charge in [-0.05, 0) is 24.6 Å². The molecule has 1 atom stereocenters. The Kier molecular flexibility index (Phi) is 4.90. The van der Waals surface area contributed by atoms with E-state index in [-0.39, 0.29) is 12.3 Å². The predicted molar refractivity (Wildman–Crippen MR) is 61.2 cm³/mol. The van der Waals surface area contributed by atoms with Crippen molar-refractivity contribution in [1.82, 2.24) is 5.32 Å². The highest BCUT2D eigenvalue weighted by Gasteiger charge is 2.15. The summed E-state index contributed by atoms with van der Waals surface area (Å²) in [5, 5.41) is 21.1. The maximum absolute atomic E-state index is 12.9. The van der Waals surface area contributed by atoms with Crippen LogP contribution in [-0.4, -0.2) is 22.2 Å². The second-order valence-corrected chi connectivity index (χ2v) is 3.83. The SMILES string of the molecule is CCCC(NCc1cc(F)ccc1O)C(=O)O. The van der Waals surface area contributed by atoms with Gasteiger partial charge in [0.1, 0.15) is 17.6 Å². The first-order valence-corrected chi connectivity index (χ1v) is 5.48. The van der Waals surface area contributed by atoms with Crippen LogP contribution in [0.15, 0.2) is 18.2 Å². The molecule has 0 amide bonds. The second kappa shape index (κ2) is 6.20. The van der Waals surface area contributed by atoms with Crippen molar-refractivity contribution in [1.29, 1.82) is 0 Å². The molecule has 0 aliphatic heterocycles. The summed E-state index contributed by atoms with van der Waals surface area (Å²) in [6.45, 7) is 2.01. The Hall–Kier alpha value is -1.62. The number of rotatable bonds is 6. The average molecular weight is 241 g/mol. The third kappa shape index (κ3) is 4.03. The molecule has 0 radical (unpaired) electrons. The van der Waals surface area contributed by atoms with Crippen LogP contribution in [0.5, 0.6) is 5.75 Å². The monoisotopic (exact) mass is 241 g/mol. The summed E-state index contributed by atoms with van der Waals surface area (Å²) in [6.07, 6.45) is 1.23. The van der Waals surface area contributed by atoms with Crippen molar-refractivity contribution >= 4 is 5.97 Å². The fourth-order valence-electron chi connectivity index (χ4n) is 1.53. The summed E-state index contributed by atoms with van der Waals surface area (Å²) in [5.74, 6) is -1.44. The lowest BCUT2D eigenvalue weighted by Crippen LogP contribution is -2.36. The first-order valence-electron chi connectivity index (χ1n) is 5.48. The van der Waals surface area contributed by atoms with Gasteiger partial charge in [0.2, 0.25) is 0 Å². The highest BCUT2D eigenvalue weighted by Crippen LogP contribution is 2.17. The Bertz CT molecular complexity index is 395. The Morgan fingerprint density at radius 2 is 2.24 bits per heavy atom. The number of carboxylic acids is 1. The minimum Gasteiger partial charge on any atom is -0.508 e. The summed E-state index contributed by atoms with van der Waals surface area (Å²) < 4.78 is 12.9. The van der Waals surface area contributed by atoms with Gasteiger partial charge < -0.3 is 15.5 Å². The number of hydrogen-bond acceptors (Lipinski definition) is 3. The molecule has 0 heterocycles.